The highest BCUT2D eigenvalue weighted by Gasteiger charge is 2.22. The van der Waals surface area contributed by atoms with Gasteiger partial charge in [-0.2, -0.15) is 0 Å². The Morgan fingerprint density at radius 3 is 2.42 bits per heavy atom. The van der Waals surface area contributed by atoms with Gasteiger partial charge in [-0.25, -0.2) is 4.39 Å². The van der Waals surface area contributed by atoms with Crippen LogP contribution in [0.2, 0.25) is 0 Å². The van der Waals surface area contributed by atoms with Crippen LogP contribution in [0.5, 0.6) is 0 Å². The molecule has 2 N–H and O–H groups in total. The van der Waals surface area contributed by atoms with Crippen molar-refractivity contribution in [2.45, 2.75) is 32.3 Å². The second-order valence-electron chi connectivity index (χ2n) is 4.53. The highest BCUT2D eigenvalue weighted by atomic mass is 19.1. The van der Waals surface area contributed by atoms with Gasteiger partial charge in [0, 0.05) is 12.6 Å². The van der Waals surface area contributed by atoms with E-state index in [0.29, 0.717) is 12.8 Å². The minimum atomic E-state index is -0.848. The van der Waals surface area contributed by atoms with E-state index in [0.717, 1.165) is 5.56 Å². The maximum Gasteiger partial charge on any atom is 0.244 e. The number of halogens is 1. The third-order valence-electron chi connectivity index (χ3n) is 3.21. The lowest BCUT2D eigenvalue weighted by atomic mass is 9.98. The van der Waals surface area contributed by atoms with Crippen molar-refractivity contribution in [2.75, 3.05) is 6.54 Å². The van der Waals surface area contributed by atoms with Gasteiger partial charge in [0.2, 0.25) is 5.91 Å². The molecule has 0 spiro atoms. The van der Waals surface area contributed by atoms with Crippen LogP contribution in [0.25, 0.3) is 6.08 Å². The Labute approximate surface area is 113 Å². The molecule has 1 aromatic rings. The summed E-state index contributed by atoms with van der Waals surface area (Å²) in [6.45, 7) is 3.99. The van der Waals surface area contributed by atoms with Gasteiger partial charge >= 0.3 is 0 Å². The standard InChI is InChI=1S/C15H20FNO2/c1-3-15(19,4-2)11-17-14(18)10-7-12-5-8-13(16)9-6-12/h5-10,19H,3-4,11H2,1-2H3,(H,17,18). The van der Waals surface area contributed by atoms with E-state index in [1.165, 1.54) is 18.2 Å². The second-order valence-corrected chi connectivity index (χ2v) is 4.53. The van der Waals surface area contributed by atoms with Gasteiger partial charge < -0.3 is 10.4 Å². The number of carbonyl (C=O) groups is 1. The van der Waals surface area contributed by atoms with Gasteiger partial charge in [-0.05, 0) is 36.6 Å². The fraction of sp³-hybridized carbons (Fsp3) is 0.400. The van der Waals surface area contributed by atoms with Gasteiger partial charge in [0.1, 0.15) is 5.82 Å². The summed E-state index contributed by atoms with van der Waals surface area (Å²) < 4.78 is 12.7. The number of hydrogen-bond donors (Lipinski definition) is 2. The fourth-order valence-electron chi connectivity index (χ4n) is 1.56. The summed E-state index contributed by atoms with van der Waals surface area (Å²) in [6.07, 6.45) is 4.15. The molecule has 0 aliphatic heterocycles. The molecule has 0 heterocycles. The van der Waals surface area contributed by atoms with Gasteiger partial charge in [0.05, 0.1) is 5.60 Å². The molecule has 0 aliphatic carbocycles. The van der Waals surface area contributed by atoms with E-state index in [9.17, 15) is 14.3 Å². The zero-order valence-electron chi connectivity index (χ0n) is 11.3. The zero-order valence-corrected chi connectivity index (χ0v) is 11.3. The number of rotatable bonds is 6. The van der Waals surface area contributed by atoms with E-state index in [1.807, 2.05) is 13.8 Å². The van der Waals surface area contributed by atoms with E-state index in [-0.39, 0.29) is 18.3 Å². The number of nitrogens with one attached hydrogen (secondary N) is 1. The Bertz CT molecular complexity index is 436. The Hall–Kier alpha value is -1.68. The summed E-state index contributed by atoms with van der Waals surface area (Å²) >= 11 is 0. The van der Waals surface area contributed by atoms with Gasteiger partial charge in [-0.3, -0.25) is 4.79 Å². The van der Waals surface area contributed by atoms with Crippen LogP contribution in [0, 0.1) is 5.82 Å². The summed E-state index contributed by atoms with van der Waals surface area (Å²) in [5, 5.41) is 12.7. The van der Waals surface area contributed by atoms with Crippen LogP contribution >= 0.6 is 0 Å². The molecule has 4 heteroatoms. The van der Waals surface area contributed by atoms with Crippen molar-refractivity contribution in [1.82, 2.24) is 5.32 Å². The molecule has 19 heavy (non-hydrogen) atoms. The molecule has 3 nitrogen and oxygen atoms in total. The maximum absolute atomic E-state index is 12.7. The first kappa shape index (κ1) is 15.4. The first-order chi connectivity index (χ1) is 8.99. The summed E-state index contributed by atoms with van der Waals surface area (Å²) in [5.74, 6) is -0.581. The molecule has 0 aromatic heterocycles. The first-order valence-corrected chi connectivity index (χ1v) is 6.43. The van der Waals surface area contributed by atoms with Crippen LogP contribution in [-0.4, -0.2) is 23.2 Å². The van der Waals surface area contributed by atoms with Crippen LogP contribution < -0.4 is 5.32 Å². The van der Waals surface area contributed by atoms with Crippen LogP contribution in [0.4, 0.5) is 4.39 Å². The molecule has 0 aliphatic rings. The minimum absolute atomic E-state index is 0.229. The molecule has 0 radical (unpaired) electrons. The molecule has 1 aromatic carbocycles. The Kier molecular flexibility index (Phi) is 5.70. The Balaban J connectivity index is 2.49. The largest absolute Gasteiger partial charge is 0.388 e. The van der Waals surface area contributed by atoms with Crippen molar-refractivity contribution < 1.29 is 14.3 Å². The van der Waals surface area contributed by atoms with Gasteiger partial charge in [0.15, 0.2) is 0 Å². The van der Waals surface area contributed by atoms with Crippen molar-refractivity contribution in [3.63, 3.8) is 0 Å². The van der Waals surface area contributed by atoms with Crippen molar-refractivity contribution >= 4 is 12.0 Å². The van der Waals surface area contributed by atoms with Crippen molar-refractivity contribution in [1.29, 1.82) is 0 Å². The Morgan fingerprint density at radius 1 is 1.32 bits per heavy atom. The van der Waals surface area contributed by atoms with Crippen molar-refractivity contribution in [2.24, 2.45) is 0 Å². The molecular formula is C15H20FNO2. The predicted molar refractivity (Wildman–Crippen MR) is 74.0 cm³/mol. The molecule has 0 saturated heterocycles. The molecule has 104 valence electrons. The molecular weight excluding hydrogens is 245 g/mol. The average molecular weight is 265 g/mol. The highest BCUT2D eigenvalue weighted by molar-refractivity contribution is 5.91. The van der Waals surface area contributed by atoms with Crippen molar-refractivity contribution in [3.05, 3.63) is 41.7 Å². The third-order valence-corrected chi connectivity index (χ3v) is 3.21. The van der Waals surface area contributed by atoms with E-state index in [1.54, 1.807) is 18.2 Å². The lowest BCUT2D eigenvalue weighted by Gasteiger charge is -2.24. The second kappa shape index (κ2) is 7.04. The molecule has 0 bridgehead atoms. The topological polar surface area (TPSA) is 49.3 Å². The molecule has 0 atom stereocenters. The highest BCUT2D eigenvalue weighted by Crippen LogP contribution is 2.12. The monoisotopic (exact) mass is 265 g/mol. The predicted octanol–water partition coefficient (Wildman–Crippen LogP) is 2.51. The number of hydrogen-bond acceptors (Lipinski definition) is 2. The van der Waals surface area contributed by atoms with E-state index in [4.69, 9.17) is 0 Å². The number of carbonyl (C=O) groups excluding carboxylic acids is 1. The number of aliphatic hydroxyl groups is 1. The summed E-state index contributed by atoms with van der Waals surface area (Å²) in [7, 11) is 0. The SMILES string of the molecule is CCC(O)(CC)CNC(=O)C=Cc1ccc(F)cc1. The fourth-order valence-corrected chi connectivity index (χ4v) is 1.56. The van der Waals surface area contributed by atoms with Crippen LogP contribution in [-0.2, 0) is 4.79 Å². The molecule has 1 rings (SSSR count). The lowest BCUT2D eigenvalue weighted by molar-refractivity contribution is -0.117. The van der Waals surface area contributed by atoms with Gasteiger partial charge in [-0.15, -0.1) is 0 Å². The smallest absolute Gasteiger partial charge is 0.244 e. The van der Waals surface area contributed by atoms with Crippen LogP contribution in [0.1, 0.15) is 32.3 Å². The van der Waals surface area contributed by atoms with Gasteiger partial charge in [0.25, 0.3) is 0 Å². The van der Waals surface area contributed by atoms with E-state index < -0.39 is 5.60 Å². The average Bonchev–Trinajstić information content (AvgIpc) is 2.44. The quantitative estimate of drug-likeness (QED) is 0.776. The number of amides is 1. The van der Waals surface area contributed by atoms with Gasteiger partial charge in [-0.1, -0.05) is 26.0 Å². The van der Waals surface area contributed by atoms with Crippen LogP contribution in [0.3, 0.4) is 0 Å². The van der Waals surface area contributed by atoms with E-state index in [2.05, 4.69) is 5.32 Å². The molecule has 0 fully saturated rings. The zero-order chi connectivity index (χ0) is 14.3. The summed E-state index contributed by atoms with van der Waals surface area (Å²) in [5.41, 5.74) is -0.0999. The first-order valence-electron chi connectivity index (χ1n) is 6.43. The number of benzene rings is 1. The maximum atomic E-state index is 12.7. The van der Waals surface area contributed by atoms with E-state index >= 15 is 0 Å². The van der Waals surface area contributed by atoms with Crippen LogP contribution in [0.15, 0.2) is 30.3 Å². The van der Waals surface area contributed by atoms with Crippen molar-refractivity contribution in [3.8, 4) is 0 Å². The molecule has 0 unspecified atom stereocenters. The summed E-state index contributed by atoms with van der Waals surface area (Å²) in [4.78, 5) is 11.6. The minimum Gasteiger partial charge on any atom is -0.388 e. The normalized spacial score (nSPS) is 11.8. The molecule has 1 amide bonds. The molecule has 0 saturated carbocycles. The Morgan fingerprint density at radius 2 is 1.89 bits per heavy atom. The lowest BCUT2D eigenvalue weighted by Crippen LogP contribution is -2.41. The third kappa shape index (κ3) is 5.22. The summed E-state index contributed by atoms with van der Waals surface area (Å²) in [6, 6.07) is 5.86.